The number of hydrogen-bond acceptors (Lipinski definition) is 0. The molecule has 19 aromatic rings. The fourth-order valence-electron chi connectivity index (χ4n) is 16.7. The highest BCUT2D eigenvalue weighted by atomic mass is 28.3. The first-order chi connectivity index (χ1) is 52.5. The molecule has 19 rings (SSSR count). The molecule has 0 aliphatic carbocycles. The van der Waals surface area contributed by atoms with E-state index in [1.807, 2.05) is 0 Å². The van der Waals surface area contributed by atoms with Crippen LogP contribution in [0.2, 0.25) is 0 Å². The van der Waals surface area contributed by atoms with Gasteiger partial charge in [0.25, 0.3) is 0 Å². The third-order valence-corrected chi connectivity index (χ3v) is 24.9. The van der Waals surface area contributed by atoms with Crippen LogP contribution in [0.4, 0.5) is 0 Å². The lowest BCUT2D eigenvalue weighted by molar-refractivity contribution is 1.18. The molecule has 2 nitrogen and oxygen atoms in total. The summed E-state index contributed by atoms with van der Waals surface area (Å²) in [6.07, 6.45) is 0. The van der Waals surface area contributed by atoms with Crippen LogP contribution in [0.1, 0.15) is 5.56 Å². The molecular formula is C103H72N2Si. The zero-order chi connectivity index (χ0) is 70.4. The van der Waals surface area contributed by atoms with Crippen LogP contribution in [-0.4, -0.2) is 17.9 Å². The van der Waals surface area contributed by atoms with E-state index in [9.17, 15) is 0 Å². The Bertz CT molecular complexity index is 6170. The van der Waals surface area contributed by atoms with Gasteiger partial charge in [-0.3, -0.25) is 0 Å². The molecule has 3 heteroatoms. The molecule has 498 valence electrons. The summed E-state index contributed by atoms with van der Waals surface area (Å²) in [4.78, 5) is 0. The van der Waals surface area contributed by atoms with Crippen molar-refractivity contribution in [1.82, 2.24) is 9.13 Å². The zero-order valence-electron chi connectivity index (χ0n) is 58.7. The molecular weight excluding hydrogens is 1290 g/mol. The maximum Gasteiger partial charge on any atom is 0.133 e. The summed E-state index contributed by atoms with van der Waals surface area (Å²) in [5.74, 6) is 0. The van der Waals surface area contributed by atoms with E-state index in [0.29, 0.717) is 0 Å². The van der Waals surface area contributed by atoms with Gasteiger partial charge in [0.15, 0.2) is 0 Å². The zero-order valence-corrected chi connectivity index (χ0v) is 59.9. The number of fused-ring (bicyclic) bond motifs is 6. The van der Waals surface area contributed by atoms with Crippen molar-refractivity contribution >= 4 is 68.0 Å². The van der Waals surface area contributed by atoms with Crippen molar-refractivity contribution in [2.75, 3.05) is 0 Å². The Balaban J connectivity index is 0.821. The average Bonchev–Trinajstić information content (AvgIpc) is 1.56. The van der Waals surface area contributed by atoms with Crippen LogP contribution < -0.4 is 15.6 Å². The van der Waals surface area contributed by atoms with Gasteiger partial charge in [-0.1, -0.05) is 350 Å². The maximum absolute atomic E-state index is 2.54. The van der Waals surface area contributed by atoms with E-state index in [-0.39, 0.29) is 0 Å². The van der Waals surface area contributed by atoms with Gasteiger partial charge in [0, 0.05) is 32.8 Å². The van der Waals surface area contributed by atoms with E-state index in [1.165, 1.54) is 143 Å². The molecule has 0 radical (unpaired) electrons. The summed E-state index contributed by atoms with van der Waals surface area (Å²) in [6, 6.07) is 154. The van der Waals surface area contributed by atoms with Gasteiger partial charge in [-0.25, -0.2) is 0 Å². The molecule has 0 aliphatic rings. The minimum Gasteiger partial charge on any atom is -0.309 e. The first-order valence-electron chi connectivity index (χ1n) is 36.7. The molecule has 0 amide bonds. The summed E-state index contributed by atoms with van der Waals surface area (Å²) in [6.45, 7) is 2.31. The van der Waals surface area contributed by atoms with E-state index in [0.717, 1.165) is 44.6 Å². The normalized spacial score (nSPS) is 11.5. The minimum atomic E-state index is -2.19. The fraction of sp³-hybridized carbons (Fsp3) is 0.00971. The van der Waals surface area contributed by atoms with Crippen molar-refractivity contribution in [1.29, 1.82) is 0 Å². The van der Waals surface area contributed by atoms with Gasteiger partial charge in [0.2, 0.25) is 0 Å². The van der Waals surface area contributed by atoms with Crippen molar-refractivity contribution in [3.63, 3.8) is 0 Å². The molecule has 0 atom stereocenters. The molecule has 2 aromatic heterocycles. The van der Waals surface area contributed by atoms with Gasteiger partial charge in [-0.15, -0.1) is 0 Å². The molecule has 0 fully saturated rings. The molecule has 0 unspecified atom stereocenters. The van der Waals surface area contributed by atoms with Crippen LogP contribution in [0.15, 0.2) is 413 Å². The van der Waals surface area contributed by atoms with Gasteiger partial charge in [-0.05, 0) is 196 Å². The van der Waals surface area contributed by atoms with Crippen molar-refractivity contribution < 1.29 is 0 Å². The number of benzene rings is 17. The molecule has 0 saturated carbocycles. The van der Waals surface area contributed by atoms with Gasteiger partial charge in [0.05, 0.1) is 27.8 Å². The summed E-state index contributed by atoms with van der Waals surface area (Å²) in [7, 11) is -2.19. The summed E-state index contributed by atoms with van der Waals surface area (Å²) < 4.78 is 5.06. The monoisotopic (exact) mass is 1360 g/mol. The maximum atomic E-state index is 2.54. The van der Waals surface area contributed by atoms with Crippen LogP contribution in [0.3, 0.4) is 0 Å². The summed E-state index contributed by atoms with van der Waals surface area (Å²) in [5, 5.41) is 8.89. The van der Waals surface area contributed by atoms with Gasteiger partial charge >= 0.3 is 0 Å². The SMILES string of the molecule is Cc1ccc(-c2ccccc2-n2c3ccc(-c4ccccc4-c4ccccc4)cc3c3cc(-c4ccccc4-c4ccccc4)ccc32)cc1-c1cc(-n2c3ccc(-c4ccccc4-c4ccccc4)cc3c3cc(-c4ccccc4-c4ccccc4)ccc32)ccc1[SiH](c1ccccc1)c1ccccc1. The van der Waals surface area contributed by atoms with Crippen LogP contribution in [0.25, 0.3) is 166 Å². The molecule has 0 aliphatic heterocycles. The van der Waals surface area contributed by atoms with Gasteiger partial charge in [0.1, 0.15) is 8.80 Å². The molecule has 0 bridgehead atoms. The first-order valence-corrected chi connectivity index (χ1v) is 38.5. The molecule has 106 heavy (non-hydrogen) atoms. The summed E-state index contributed by atoms with van der Waals surface area (Å²) in [5.41, 5.74) is 31.9. The largest absolute Gasteiger partial charge is 0.309 e. The van der Waals surface area contributed by atoms with Crippen molar-refractivity contribution in [2.45, 2.75) is 6.92 Å². The molecule has 0 spiro atoms. The Morgan fingerprint density at radius 3 is 0.830 bits per heavy atom. The number of hydrogen-bond donors (Lipinski definition) is 0. The lowest BCUT2D eigenvalue weighted by Crippen LogP contribution is -2.52. The summed E-state index contributed by atoms with van der Waals surface area (Å²) >= 11 is 0. The second-order valence-corrected chi connectivity index (χ2v) is 30.6. The number of nitrogens with zero attached hydrogens (tertiary/aromatic N) is 2. The Morgan fingerprint density at radius 1 is 0.189 bits per heavy atom. The minimum absolute atomic E-state index is 1.11. The Hall–Kier alpha value is -13.4. The highest BCUT2D eigenvalue weighted by molar-refractivity contribution is 6.96. The fourth-order valence-corrected chi connectivity index (χ4v) is 19.8. The van der Waals surface area contributed by atoms with Crippen molar-refractivity contribution in [2.24, 2.45) is 0 Å². The number of aryl methyl sites for hydroxylation is 1. The standard InChI is InChI=1S/C103H72N2Si/c1-70-52-53-79(91-50-28-29-51-98(91)105-101-61-56-77(89-48-26-22-44-85(89)73-34-12-4-13-35-73)67-95(101)96-68-78(57-62-102(96)105)90-49-27-23-45-86(90)74-36-14-5-15-37-74)64-92(70)97-69-80(58-63-103(97)106(81-38-16-6-17-39-81)82-40-18-7-19-41-82)104-99-59-54-75(87-46-24-20-42-83(87)71-30-8-2-9-31-71)65-93(99)94-66-76(55-60-100(94)104)88-47-25-21-43-84(88)72-32-10-3-11-33-72/h2-69,106H,1H3. The number of rotatable bonds is 15. The predicted octanol–water partition coefficient (Wildman–Crippen LogP) is 25.1. The number of aromatic nitrogens is 2. The molecule has 0 saturated heterocycles. The number of para-hydroxylation sites is 1. The van der Waals surface area contributed by atoms with E-state index in [1.54, 1.807) is 0 Å². The topological polar surface area (TPSA) is 9.86 Å². The van der Waals surface area contributed by atoms with E-state index in [4.69, 9.17) is 0 Å². The third kappa shape index (κ3) is 11.5. The second kappa shape index (κ2) is 27.4. The van der Waals surface area contributed by atoms with Crippen LogP contribution in [-0.2, 0) is 0 Å². The van der Waals surface area contributed by atoms with Crippen molar-refractivity contribution in [3.8, 4) is 123 Å². The first kappa shape index (κ1) is 63.5. The molecule has 17 aromatic carbocycles. The van der Waals surface area contributed by atoms with Gasteiger partial charge in [-0.2, -0.15) is 0 Å². The highest BCUT2D eigenvalue weighted by Crippen LogP contribution is 2.46. The van der Waals surface area contributed by atoms with E-state index < -0.39 is 8.80 Å². The average molecular weight is 1370 g/mol. The molecule has 2 heterocycles. The lowest BCUT2D eigenvalue weighted by atomic mass is 9.92. The molecule has 0 N–H and O–H groups in total. The Morgan fingerprint density at radius 2 is 0.472 bits per heavy atom. The predicted molar refractivity (Wildman–Crippen MR) is 453 cm³/mol. The third-order valence-electron chi connectivity index (χ3n) is 21.7. The van der Waals surface area contributed by atoms with Crippen molar-refractivity contribution in [3.05, 3.63) is 418 Å². The van der Waals surface area contributed by atoms with Crippen LogP contribution >= 0.6 is 0 Å². The van der Waals surface area contributed by atoms with Crippen LogP contribution in [0.5, 0.6) is 0 Å². The smallest absolute Gasteiger partial charge is 0.133 e. The van der Waals surface area contributed by atoms with Gasteiger partial charge < -0.3 is 9.13 Å². The van der Waals surface area contributed by atoms with E-state index >= 15 is 0 Å². The van der Waals surface area contributed by atoms with E-state index in [2.05, 4.69) is 429 Å². The second-order valence-electron chi connectivity index (χ2n) is 27.8. The lowest BCUT2D eigenvalue weighted by Gasteiger charge is -2.24. The highest BCUT2D eigenvalue weighted by Gasteiger charge is 2.27. The Kier molecular flexibility index (Phi) is 16.4. The van der Waals surface area contributed by atoms with Crippen LogP contribution in [0, 0.1) is 6.92 Å². The Labute approximate surface area is 620 Å². The quantitative estimate of drug-likeness (QED) is 0.0715.